The number of carbonyl (C=O) groups excluding carboxylic acids is 1. The van der Waals surface area contributed by atoms with Gasteiger partial charge in [-0.25, -0.2) is 5.06 Å². The topological polar surface area (TPSA) is 38.8 Å². The molecule has 0 aliphatic rings. The molecule has 2 aromatic rings. The van der Waals surface area contributed by atoms with Crippen LogP contribution >= 0.6 is 11.6 Å². The van der Waals surface area contributed by atoms with Crippen molar-refractivity contribution in [2.45, 2.75) is 13.5 Å². The van der Waals surface area contributed by atoms with Crippen molar-refractivity contribution in [3.8, 4) is 5.75 Å². The van der Waals surface area contributed by atoms with E-state index in [0.717, 1.165) is 11.1 Å². The van der Waals surface area contributed by atoms with Crippen LogP contribution in [0.25, 0.3) is 0 Å². The molecular formula is C17H18ClNO3. The highest BCUT2D eigenvalue weighted by Gasteiger charge is 2.15. The van der Waals surface area contributed by atoms with Gasteiger partial charge in [0, 0.05) is 5.02 Å². The molecule has 2 rings (SSSR count). The zero-order valence-electron chi connectivity index (χ0n) is 12.6. The van der Waals surface area contributed by atoms with Crippen LogP contribution in [0.15, 0.2) is 48.5 Å². The summed E-state index contributed by atoms with van der Waals surface area (Å²) in [5, 5.41) is 1.92. The van der Waals surface area contributed by atoms with E-state index in [1.54, 1.807) is 18.2 Å². The van der Waals surface area contributed by atoms with Crippen LogP contribution in [0, 0.1) is 6.92 Å². The van der Waals surface area contributed by atoms with Gasteiger partial charge in [-0.15, -0.1) is 0 Å². The number of nitrogens with zero attached hydrogens (tertiary/aromatic N) is 1. The highest BCUT2D eigenvalue weighted by atomic mass is 35.5. The Morgan fingerprint density at radius 2 is 1.91 bits per heavy atom. The summed E-state index contributed by atoms with van der Waals surface area (Å²) in [4.78, 5) is 17.3. The second-order valence-electron chi connectivity index (χ2n) is 4.80. The number of hydroxylamine groups is 2. The quantitative estimate of drug-likeness (QED) is 0.763. The monoisotopic (exact) mass is 319 g/mol. The number of amides is 1. The summed E-state index contributed by atoms with van der Waals surface area (Å²) >= 11 is 5.89. The van der Waals surface area contributed by atoms with E-state index in [2.05, 4.69) is 0 Å². The molecule has 1 amide bonds. The molecule has 0 saturated carbocycles. The van der Waals surface area contributed by atoms with Crippen molar-refractivity contribution in [2.75, 3.05) is 13.7 Å². The van der Waals surface area contributed by atoms with E-state index in [4.69, 9.17) is 21.2 Å². The summed E-state index contributed by atoms with van der Waals surface area (Å²) in [7, 11) is 1.47. The van der Waals surface area contributed by atoms with Crippen molar-refractivity contribution in [3.63, 3.8) is 0 Å². The third-order valence-electron chi connectivity index (χ3n) is 3.16. The van der Waals surface area contributed by atoms with E-state index in [1.807, 2.05) is 37.3 Å². The Labute approximate surface area is 135 Å². The van der Waals surface area contributed by atoms with Crippen molar-refractivity contribution in [1.82, 2.24) is 5.06 Å². The molecule has 0 aliphatic heterocycles. The molecule has 0 N–H and O–H groups in total. The number of hydrogen-bond donors (Lipinski definition) is 0. The van der Waals surface area contributed by atoms with Crippen molar-refractivity contribution in [3.05, 3.63) is 64.7 Å². The van der Waals surface area contributed by atoms with Gasteiger partial charge in [0.05, 0.1) is 13.7 Å². The van der Waals surface area contributed by atoms with Gasteiger partial charge in [0.25, 0.3) is 5.91 Å². The Morgan fingerprint density at radius 3 is 2.55 bits per heavy atom. The van der Waals surface area contributed by atoms with Crippen LogP contribution in [0.2, 0.25) is 5.02 Å². The number of rotatable bonds is 6. The maximum absolute atomic E-state index is 12.2. The third kappa shape index (κ3) is 4.48. The van der Waals surface area contributed by atoms with Gasteiger partial charge in [-0.3, -0.25) is 9.63 Å². The first-order valence-corrected chi connectivity index (χ1v) is 7.25. The van der Waals surface area contributed by atoms with Gasteiger partial charge in [-0.1, -0.05) is 41.9 Å². The number of halogens is 1. The molecule has 2 aromatic carbocycles. The van der Waals surface area contributed by atoms with Crippen LogP contribution in [0.1, 0.15) is 11.1 Å². The van der Waals surface area contributed by atoms with E-state index in [9.17, 15) is 4.79 Å². The minimum Gasteiger partial charge on any atom is -0.483 e. The summed E-state index contributed by atoms with van der Waals surface area (Å²) < 4.78 is 5.54. The zero-order valence-corrected chi connectivity index (χ0v) is 13.3. The molecule has 0 atom stereocenters. The predicted molar refractivity (Wildman–Crippen MR) is 85.7 cm³/mol. The van der Waals surface area contributed by atoms with Gasteiger partial charge in [0.1, 0.15) is 5.75 Å². The van der Waals surface area contributed by atoms with Crippen LogP contribution in [0.4, 0.5) is 0 Å². The molecule has 0 spiro atoms. The van der Waals surface area contributed by atoms with Gasteiger partial charge in [0.15, 0.2) is 6.61 Å². The van der Waals surface area contributed by atoms with E-state index < -0.39 is 0 Å². The lowest BCUT2D eigenvalue weighted by atomic mass is 10.2. The van der Waals surface area contributed by atoms with E-state index in [1.165, 1.54) is 12.2 Å². The molecule has 0 fully saturated rings. The smallest absolute Gasteiger partial charge is 0.284 e. The van der Waals surface area contributed by atoms with Crippen LogP contribution in [-0.4, -0.2) is 24.7 Å². The van der Waals surface area contributed by atoms with Gasteiger partial charge < -0.3 is 4.74 Å². The lowest BCUT2D eigenvalue weighted by Gasteiger charge is -2.20. The minimum atomic E-state index is -0.249. The summed E-state index contributed by atoms with van der Waals surface area (Å²) in [6.45, 7) is 2.16. The second kappa shape index (κ2) is 7.82. The molecular weight excluding hydrogens is 302 g/mol. The van der Waals surface area contributed by atoms with Crippen molar-refractivity contribution in [2.24, 2.45) is 0 Å². The molecule has 5 heteroatoms. The number of ether oxygens (including phenoxy) is 1. The minimum absolute atomic E-state index is 0.0941. The maximum Gasteiger partial charge on any atom is 0.284 e. The van der Waals surface area contributed by atoms with Gasteiger partial charge in [-0.05, 0) is 36.2 Å². The third-order valence-corrected chi connectivity index (χ3v) is 3.39. The fourth-order valence-electron chi connectivity index (χ4n) is 1.99. The summed E-state index contributed by atoms with van der Waals surface area (Å²) in [6, 6.07) is 14.9. The van der Waals surface area contributed by atoms with Gasteiger partial charge in [-0.2, -0.15) is 0 Å². The molecule has 0 saturated heterocycles. The molecule has 0 radical (unpaired) electrons. The normalized spacial score (nSPS) is 10.3. The van der Waals surface area contributed by atoms with E-state index >= 15 is 0 Å². The Balaban J connectivity index is 1.94. The van der Waals surface area contributed by atoms with Gasteiger partial charge in [0.2, 0.25) is 0 Å². The standard InChI is InChI=1S/C17H18ClNO3/c1-13-10-15(18)8-9-16(13)22-12-17(20)19(21-2)11-14-6-4-3-5-7-14/h3-10H,11-12H2,1-2H3. The van der Waals surface area contributed by atoms with Crippen molar-refractivity contribution < 1.29 is 14.4 Å². The predicted octanol–water partition coefficient (Wildman–Crippen LogP) is 3.62. The van der Waals surface area contributed by atoms with Gasteiger partial charge >= 0.3 is 0 Å². The van der Waals surface area contributed by atoms with Crippen LogP contribution in [0.3, 0.4) is 0 Å². The Morgan fingerprint density at radius 1 is 1.18 bits per heavy atom. The summed E-state index contributed by atoms with van der Waals surface area (Å²) in [6.07, 6.45) is 0. The lowest BCUT2D eigenvalue weighted by molar-refractivity contribution is -0.181. The Hall–Kier alpha value is -2.04. The maximum atomic E-state index is 12.2. The van der Waals surface area contributed by atoms with Crippen molar-refractivity contribution >= 4 is 17.5 Å². The second-order valence-corrected chi connectivity index (χ2v) is 5.23. The number of hydrogen-bond acceptors (Lipinski definition) is 3. The molecule has 0 aromatic heterocycles. The number of benzene rings is 2. The fourth-order valence-corrected chi connectivity index (χ4v) is 2.22. The Bertz CT molecular complexity index is 631. The molecule has 116 valence electrons. The van der Waals surface area contributed by atoms with Crippen LogP contribution in [-0.2, 0) is 16.2 Å². The summed E-state index contributed by atoms with van der Waals surface area (Å²) in [5.41, 5.74) is 1.87. The lowest BCUT2D eigenvalue weighted by Crippen LogP contribution is -2.33. The van der Waals surface area contributed by atoms with Crippen LogP contribution < -0.4 is 4.74 Å². The SMILES string of the molecule is CON(Cc1ccccc1)C(=O)COc1ccc(Cl)cc1C. The van der Waals surface area contributed by atoms with Crippen LogP contribution in [0.5, 0.6) is 5.75 Å². The first-order chi connectivity index (χ1) is 10.6. The zero-order chi connectivity index (χ0) is 15.9. The largest absolute Gasteiger partial charge is 0.483 e. The number of aryl methyl sites for hydroxylation is 1. The fraction of sp³-hybridized carbons (Fsp3) is 0.235. The van der Waals surface area contributed by atoms with E-state index in [0.29, 0.717) is 17.3 Å². The molecule has 0 unspecified atom stereocenters. The highest BCUT2D eigenvalue weighted by Crippen LogP contribution is 2.21. The summed E-state index contributed by atoms with van der Waals surface area (Å²) in [5.74, 6) is 0.384. The molecule has 0 bridgehead atoms. The average Bonchev–Trinajstić information content (AvgIpc) is 2.52. The molecule has 0 heterocycles. The first kappa shape index (κ1) is 16.3. The first-order valence-electron chi connectivity index (χ1n) is 6.87. The average molecular weight is 320 g/mol. The van der Waals surface area contributed by atoms with Crippen molar-refractivity contribution in [1.29, 1.82) is 0 Å². The Kier molecular flexibility index (Phi) is 5.81. The highest BCUT2D eigenvalue weighted by molar-refractivity contribution is 6.30. The molecule has 0 aliphatic carbocycles. The number of carbonyl (C=O) groups is 1. The van der Waals surface area contributed by atoms with E-state index in [-0.39, 0.29) is 12.5 Å². The molecule has 22 heavy (non-hydrogen) atoms. The molecule has 4 nitrogen and oxygen atoms in total.